The van der Waals surface area contributed by atoms with Crippen LogP contribution in [-0.4, -0.2) is 29.7 Å². The topological polar surface area (TPSA) is 38.7 Å². The first-order valence-corrected chi connectivity index (χ1v) is 4.68. The fourth-order valence-corrected chi connectivity index (χ4v) is 1.58. The molecule has 0 unspecified atom stereocenters. The Morgan fingerprint density at radius 1 is 1.46 bits per heavy atom. The predicted molar refractivity (Wildman–Crippen MR) is 50.3 cm³/mol. The summed E-state index contributed by atoms with van der Waals surface area (Å²) in [6.45, 7) is 7.68. The number of hydrogen-bond acceptors (Lipinski definition) is 3. The molecule has 1 aliphatic heterocycles. The maximum absolute atomic E-state index is 8.69. The van der Waals surface area contributed by atoms with Crippen molar-refractivity contribution in [3.63, 3.8) is 0 Å². The molecule has 2 atom stereocenters. The molecule has 1 aliphatic rings. The third-order valence-electron chi connectivity index (χ3n) is 2.10. The molecule has 0 bridgehead atoms. The highest BCUT2D eigenvalue weighted by Crippen LogP contribution is 2.30. The first-order valence-electron chi connectivity index (χ1n) is 4.68. The molecule has 0 aromatic carbocycles. The Bertz CT molecular complexity index is 177. The predicted octanol–water partition coefficient (Wildman–Crippen LogP) is 1.46. The van der Waals surface area contributed by atoms with Gasteiger partial charge in [0.1, 0.15) is 6.10 Å². The van der Waals surface area contributed by atoms with Gasteiger partial charge in [-0.2, -0.15) is 0 Å². The van der Waals surface area contributed by atoms with Crippen LogP contribution in [0.15, 0.2) is 12.7 Å². The smallest absolute Gasteiger partial charge is 0.164 e. The van der Waals surface area contributed by atoms with Gasteiger partial charge in [-0.25, -0.2) is 0 Å². The molecule has 1 saturated heterocycles. The molecule has 0 aromatic heterocycles. The zero-order valence-electron chi connectivity index (χ0n) is 8.32. The molecule has 3 heteroatoms. The molecule has 0 radical (unpaired) electrons. The third kappa shape index (κ3) is 2.79. The summed E-state index contributed by atoms with van der Waals surface area (Å²) < 4.78 is 11.2. The number of hydrogen-bond donors (Lipinski definition) is 1. The number of ether oxygens (including phenoxy) is 2. The first kappa shape index (κ1) is 10.7. The zero-order chi connectivity index (χ0) is 9.90. The Kier molecular flexibility index (Phi) is 3.47. The lowest BCUT2D eigenvalue weighted by molar-refractivity contribution is -0.143. The normalized spacial score (nSPS) is 31.9. The molecular weight excluding hydrogens is 168 g/mol. The Morgan fingerprint density at radius 2 is 2.15 bits per heavy atom. The Balaban J connectivity index is 2.48. The van der Waals surface area contributed by atoms with Crippen molar-refractivity contribution in [2.24, 2.45) is 0 Å². The maximum Gasteiger partial charge on any atom is 0.164 e. The van der Waals surface area contributed by atoms with E-state index in [1.54, 1.807) is 6.08 Å². The van der Waals surface area contributed by atoms with E-state index in [1.165, 1.54) is 0 Å². The minimum atomic E-state index is -0.515. The fourth-order valence-electron chi connectivity index (χ4n) is 1.58. The van der Waals surface area contributed by atoms with Crippen LogP contribution >= 0.6 is 0 Å². The summed E-state index contributed by atoms with van der Waals surface area (Å²) >= 11 is 0. The Morgan fingerprint density at radius 3 is 2.69 bits per heavy atom. The average Bonchev–Trinajstić information content (AvgIpc) is 2.37. The number of rotatable bonds is 4. The van der Waals surface area contributed by atoms with E-state index in [1.807, 2.05) is 13.8 Å². The van der Waals surface area contributed by atoms with Crippen LogP contribution in [0, 0.1) is 0 Å². The SMILES string of the molecule is C=C[C@@H]1OC(C)(C)O[C@H]1CCCO. The van der Waals surface area contributed by atoms with Crippen LogP contribution in [0.25, 0.3) is 0 Å². The second kappa shape index (κ2) is 4.22. The molecule has 13 heavy (non-hydrogen) atoms. The van der Waals surface area contributed by atoms with Gasteiger partial charge in [0.25, 0.3) is 0 Å². The van der Waals surface area contributed by atoms with Gasteiger partial charge in [-0.3, -0.25) is 0 Å². The molecule has 0 aromatic rings. The van der Waals surface area contributed by atoms with E-state index in [9.17, 15) is 0 Å². The molecule has 1 rings (SSSR count). The lowest BCUT2D eigenvalue weighted by atomic mass is 10.1. The molecule has 3 nitrogen and oxygen atoms in total. The third-order valence-corrected chi connectivity index (χ3v) is 2.10. The van der Waals surface area contributed by atoms with Gasteiger partial charge in [-0.1, -0.05) is 6.08 Å². The average molecular weight is 186 g/mol. The minimum absolute atomic E-state index is 0.0402. The van der Waals surface area contributed by atoms with E-state index in [-0.39, 0.29) is 18.8 Å². The van der Waals surface area contributed by atoms with Crippen molar-refractivity contribution < 1.29 is 14.6 Å². The van der Waals surface area contributed by atoms with Crippen LogP contribution in [0.5, 0.6) is 0 Å². The van der Waals surface area contributed by atoms with Crippen LogP contribution in [0.4, 0.5) is 0 Å². The Hall–Kier alpha value is -0.380. The van der Waals surface area contributed by atoms with Gasteiger partial charge in [-0.15, -0.1) is 6.58 Å². The highest BCUT2D eigenvalue weighted by atomic mass is 16.7. The highest BCUT2D eigenvalue weighted by molar-refractivity contribution is 4.92. The van der Waals surface area contributed by atoms with Crippen molar-refractivity contribution in [2.45, 2.75) is 44.7 Å². The van der Waals surface area contributed by atoms with E-state index >= 15 is 0 Å². The summed E-state index contributed by atoms with van der Waals surface area (Å²) in [4.78, 5) is 0. The van der Waals surface area contributed by atoms with Crippen molar-refractivity contribution in [2.75, 3.05) is 6.61 Å². The van der Waals surface area contributed by atoms with Crippen molar-refractivity contribution in [1.82, 2.24) is 0 Å². The molecule has 1 heterocycles. The van der Waals surface area contributed by atoms with Crippen molar-refractivity contribution in [3.8, 4) is 0 Å². The second-order valence-corrected chi connectivity index (χ2v) is 3.74. The van der Waals surface area contributed by atoms with Crippen LogP contribution in [-0.2, 0) is 9.47 Å². The molecule has 0 aliphatic carbocycles. The van der Waals surface area contributed by atoms with Gasteiger partial charge < -0.3 is 14.6 Å². The summed E-state index contributed by atoms with van der Waals surface area (Å²) in [7, 11) is 0. The minimum Gasteiger partial charge on any atom is -0.396 e. The zero-order valence-corrected chi connectivity index (χ0v) is 8.32. The van der Waals surface area contributed by atoms with Crippen LogP contribution in [0.1, 0.15) is 26.7 Å². The summed E-state index contributed by atoms with van der Waals surface area (Å²) in [6.07, 6.45) is 3.32. The van der Waals surface area contributed by atoms with E-state index in [0.29, 0.717) is 0 Å². The Labute approximate surface area is 79.3 Å². The van der Waals surface area contributed by atoms with Gasteiger partial charge >= 0.3 is 0 Å². The van der Waals surface area contributed by atoms with Crippen molar-refractivity contribution in [3.05, 3.63) is 12.7 Å². The maximum atomic E-state index is 8.69. The second-order valence-electron chi connectivity index (χ2n) is 3.74. The largest absolute Gasteiger partial charge is 0.396 e. The molecule has 1 fully saturated rings. The summed E-state index contributed by atoms with van der Waals surface area (Å²) in [5.74, 6) is -0.515. The first-order chi connectivity index (χ1) is 6.09. The van der Waals surface area contributed by atoms with Gasteiger partial charge in [0, 0.05) is 6.61 Å². The lowest BCUT2D eigenvalue weighted by Gasteiger charge is -2.16. The van der Waals surface area contributed by atoms with Gasteiger partial charge in [0.2, 0.25) is 0 Å². The van der Waals surface area contributed by atoms with Gasteiger partial charge in [0.15, 0.2) is 5.79 Å². The fraction of sp³-hybridized carbons (Fsp3) is 0.800. The van der Waals surface area contributed by atoms with Crippen molar-refractivity contribution >= 4 is 0 Å². The van der Waals surface area contributed by atoms with Crippen LogP contribution in [0.3, 0.4) is 0 Å². The molecular formula is C10H18O3. The van der Waals surface area contributed by atoms with E-state index < -0.39 is 5.79 Å². The molecule has 1 N–H and O–H groups in total. The van der Waals surface area contributed by atoms with E-state index in [0.717, 1.165) is 12.8 Å². The van der Waals surface area contributed by atoms with Gasteiger partial charge in [0.05, 0.1) is 6.10 Å². The molecule has 0 spiro atoms. The standard InChI is InChI=1S/C10H18O3/c1-4-8-9(6-5-7-11)13-10(2,3)12-8/h4,8-9,11H,1,5-7H2,2-3H3/t8-,9-/m0/s1. The van der Waals surface area contributed by atoms with Crippen LogP contribution < -0.4 is 0 Å². The number of aliphatic hydroxyl groups excluding tert-OH is 1. The van der Waals surface area contributed by atoms with E-state index in [4.69, 9.17) is 14.6 Å². The lowest BCUT2D eigenvalue weighted by Crippen LogP contribution is -2.21. The van der Waals surface area contributed by atoms with Crippen LogP contribution in [0.2, 0.25) is 0 Å². The monoisotopic (exact) mass is 186 g/mol. The molecule has 0 saturated carbocycles. The summed E-state index contributed by atoms with van der Waals surface area (Å²) in [5.41, 5.74) is 0. The quantitative estimate of drug-likeness (QED) is 0.676. The number of aliphatic hydroxyl groups is 1. The van der Waals surface area contributed by atoms with E-state index in [2.05, 4.69) is 6.58 Å². The summed E-state index contributed by atoms with van der Waals surface area (Å²) in [5, 5.41) is 8.69. The molecule has 0 amide bonds. The molecule has 76 valence electrons. The highest BCUT2D eigenvalue weighted by Gasteiger charge is 2.38. The summed E-state index contributed by atoms with van der Waals surface area (Å²) in [6, 6.07) is 0. The van der Waals surface area contributed by atoms with Gasteiger partial charge in [-0.05, 0) is 26.7 Å². The van der Waals surface area contributed by atoms with Crippen molar-refractivity contribution in [1.29, 1.82) is 0 Å².